The first-order chi connectivity index (χ1) is 15.9. The van der Waals surface area contributed by atoms with Crippen molar-refractivity contribution in [2.45, 2.75) is 6.92 Å². The van der Waals surface area contributed by atoms with Crippen LogP contribution in [-0.4, -0.2) is 9.97 Å². The van der Waals surface area contributed by atoms with Gasteiger partial charge in [-0.3, -0.25) is 0 Å². The van der Waals surface area contributed by atoms with Gasteiger partial charge in [-0.25, -0.2) is 9.97 Å². The van der Waals surface area contributed by atoms with E-state index in [0.29, 0.717) is 0 Å². The van der Waals surface area contributed by atoms with Gasteiger partial charge in [-0.1, -0.05) is 24.3 Å². The third-order valence-electron chi connectivity index (χ3n) is 5.75. The summed E-state index contributed by atoms with van der Waals surface area (Å²) in [5, 5.41) is 4.45. The summed E-state index contributed by atoms with van der Waals surface area (Å²) in [4.78, 5) is 9.14. The molecule has 8 N–H and O–H groups in total. The van der Waals surface area contributed by atoms with Crippen LogP contribution in [-0.2, 0) is 0 Å². The molecule has 0 saturated heterocycles. The zero-order valence-electron chi connectivity index (χ0n) is 18.6. The van der Waals surface area contributed by atoms with Gasteiger partial charge >= 0.3 is 0 Å². The summed E-state index contributed by atoms with van der Waals surface area (Å²) in [5.74, 6) is 0. The second-order valence-corrected chi connectivity index (χ2v) is 8.18. The smallest absolute Gasteiger partial charge is 0.0732 e. The molecule has 0 spiro atoms. The van der Waals surface area contributed by atoms with E-state index in [9.17, 15) is 0 Å². The number of nitrogens with two attached hydrogens (primary N) is 4. The fourth-order valence-corrected chi connectivity index (χ4v) is 4.05. The summed E-state index contributed by atoms with van der Waals surface area (Å²) < 4.78 is 0. The van der Waals surface area contributed by atoms with Crippen LogP contribution in [0.2, 0.25) is 0 Å². The summed E-state index contributed by atoms with van der Waals surface area (Å²) in [5.41, 5.74) is 30.8. The van der Waals surface area contributed by atoms with Gasteiger partial charge in [0.25, 0.3) is 0 Å². The van der Waals surface area contributed by atoms with Crippen LogP contribution in [0.3, 0.4) is 0 Å². The van der Waals surface area contributed by atoms with Crippen molar-refractivity contribution < 1.29 is 0 Å². The molecule has 7 heteroatoms. The van der Waals surface area contributed by atoms with Crippen LogP contribution in [0, 0.1) is 6.92 Å². The molecule has 0 aliphatic rings. The molecule has 2 aromatic heterocycles. The van der Waals surface area contributed by atoms with E-state index < -0.39 is 0 Å². The lowest BCUT2D eigenvalue weighted by Gasteiger charge is -2.08. The van der Waals surface area contributed by atoms with Crippen molar-refractivity contribution in [2.24, 2.45) is 0 Å². The van der Waals surface area contributed by atoms with Crippen LogP contribution in [0.5, 0.6) is 0 Å². The predicted octanol–water partition coefficient (Wildman–Crippen LogP) is 5.84. The molecule has 0 unspecified atom stereocenters. The number of nitrogen functional groups attached to an aromatic ring is 4. The Balaban J connectivity index is 0.000000157. The maximum Gasteiger partial charge on any atom is 0.0732 e. The zero-order chi connectivity index (χ0) is 23.1. The summed E-state index contributed by atoms with van der Waals surface area (Å²) in [6.07, 6.45) is 0. The summed E-state index contributed by atoms with van der Waals surface area (Å²) in [6, 6.07) is 25.2. The van der Waals surface area contributed by atoms with Gasteiger partial charge in [-0.15, -0.1) is 12.4 Å². The first-order valence-electron chi connectivity index (χ1n) is 10.6. The SMILES string of the molecule is Cc1c2ccc(N)cc2nc2cc(N)ccc12.Cl.Nc1ccc2cc3ccc(N)cc3nc2c1. The number of rotatable bonds is 0. The minimum absolute atomic E-state index is 0. The minimum atomic E-state index is 0. The fourth-order valence-electron chi connectivity index (χ4n) is 4.05. The van der Waals surface area contributed by atoms with E-state index in [0.717, 1.165) is 66.4 Å². The molecule has 170 valence electrons. The molecule has 34 heavy (non-hydrogen) atoms. The maximum absolute atomic E-state index is 5.78. The van der Waals surface area contributed by atoms with Crippen LogP contribution in [0.25, 0.3) is 43.6 Å². The van der Waals surface area contributed by atoms with Crippen LogP contribution in [0.15, 0.2) is 78.9 Å². The highest BCUT2D eigenvalue weighted by Gasteiger charge is 2.06. The number of aryl methyl sites for hydroxylation is 1. The van der Waals surface area contributed by atoms with Crippen molar-refractivity contribution in [3.63, 3.8) is 0 Å². The lowest BCUT2D eigenvalue weighted by Crippen LogP contribution is -1.92. The largest absolute Gasteiger partial charge is 0.399 e. The molecule has 0 aliphatic carbocycles. The van der Waals surface area contributed by atoms with Gasteiger partial charge in [-0.2, -0.15) is 0 Å². The van der Waals surface area contributed by atoms with Crippen molar-refractivity contribution in [2.75, 3.05) is 22.9 Å². The Kier molecular flexibility index (Phi) is 6.01. The molecule has 0 bridgehead atoms. The number of aromatic nitrogens is 2. The van der Waals surface area contributed by atoms with Crippen molar-refractivity contribution in [3.8, 4) is 0 Å². The van der Waals surface area contributed by atoms with E-state index in [1.807, 2.05) is 72.8 Å². The normalized spacial score (nSPS) is 10.7. The first kappa shape index (κ1) is 22.9. The van der Waals surface area contributed by atoms with Gasteiger partial charge in [0, 0.05) is 44.3 Å². The van der Waals surface area contributed by atoms with E-state index in [-0.39, 0.29) is 12.4 Å². The molecule has 0 amide bonds. The van der Waals surface area contributed by atoms with E-state index in [2.05, 4.69) is 23.0 Å². The number of nitrogens with zero attached hydrogens (tertiary/aromatic N) is 2. The van der Waals surface area contributed by atoms with Crippen molar-refractivity contribution in [1.29, 1.82) is 0 Å². The van der Waals surface area contributed by atoms with Gasteiger partial charge in [0.2, 0.25) is 0 Å². The third kappa shape index (κ3) is 4.31. The van der Waals surface area contributed by atoms with Crippen LogP contribution < -0.4 is 22.9 Å². The second-order valence-electron chi connectivity index (χ2n) is 8.18. The highest BCUT2D eigenvalue weighted by Crippen LogP contribution is 2.27. The highest BCUT2D eigenvalue weighted by molar-refractivity contribution is 5.99. The lowest BCUT2D eigenvalue weighted by atomic mass is 10.0. The number of benzene rings is 4. The molecule has 6 nitrogen and oxygen atoms in total. The van der Waals surface area contributed by atoms with Crippen molar-refractivity contribution in [3.05, 3.63) is 84.4 Å². The van der Waals surface area contributed by atoms with E-state index in [4.69, 9.17) is 22.9 Å². The Morgan fingerprint density at radius 3 is 1.26 bits per heavy atom. The number of pyridine rings is 2. The Labute approximate surface area is 203 Å². The molecular weight excluding hydrogens is 444 g/mol. The molecular formula is C27H25ClN6. The fraction of sp³-hybridized carbons (Fsp3) is 0.0370. The monoisotopic (exact) mass is 468 g/mol. The van der Waals surface area contributed by atoms with Crippen LogP contribution in [0.4, 0.5) is 22.7 Å². The van der Waals surface area contributed by atoms with E-state index >= 15 is 0 Å². The number of hydrogen-bond donors (Lipinski definition) is 4. The third-order valence-corrected chi connectivity index (χ3v) is 5.75. The molecule has 0 radical (unpaired) electrons. The van der Waals surface area contributed by atoms with Crippen LogP contribution >= 0.6 is 12.4 Å². The summed E-state index contributed by atoms with van der Waals surface area (Å²) in [7, 11) is 0. The molecule has 0 fully saturated rings. The molecule has 6 aromatic rings. The number of halogens is 1. The first-order valence-corrected chi connectivity index (χ1v) is 10.6. The molecule has 4 aromatic carbocycles. The quantitative estimate of drug-likeness (QED) is 0.164. The Bertz CT molecular complexity index is 1560. The highest BCUT2D eigenvalue weighted by atomic mass is 35.5. The Morgan fingerprint density at radius 1 is 0.471 bits per heavy atom. The van der Waals surface area contributed by atoms with Gasteiger partial charge in [-0.05, 0) is 67.1 Å². The molecule has 0 saturated carbocycles. The maximum atomic E-state index is 5.78. The minimum Gasteiger partial charge on any atom is -0.399 e. The average molecular weight is 469 g/mol. The Hall–Kier alpha value is -4.29. The number of fused-ring (bicyclic) bond motifs is 4. The average Bonchev–Trinajstić information content (AvgIpc) is 2.78. The van der Waals surface area contributed by atoms with Gasteiger partial charge in [0.15, 0.2) is 0 Å². The lowest BCUT2D eigenvalue weighted by molar-refractivity contribution is 1.45. The summed E-state index contributed by atoms with van der Waals surface area (Å²) in [6.45, 7) is 2.10. The summed E-state index contributed by atoms with van der Waals surface area (Å²) >= 11 is 0. The zero-order valence-corrected chi connectivity index (χ0v) is 19.4. The molecule has 2 heterocycles. The van der Waals surface area contributed by atoms with Gasteiger partial charge in [0.1, 0.15) is 0 Å². The molecule has 0 atom stereocenters. The van der Waals surface area contributed by atoms with Crippen molar-refractivity contribution >= 4 is 78.8 Å². The van der Waals surface area contributed by atoms with E-state index in [1.54, 1.807) is 0 Å². The van der Waals surface area contributed by atoms with Gasteiger partial charge in [0.05, 0.1) is 22.1 Å². The number of anilines is 4. The molecule has 6 rings (SSSR count). The number of hydrogen-bond acceptors (Lipinski definition) is 6. The Morgan fingerprint density at radius 2 is 0.824 bits per heavy atom. The second kappa shape index (κ2) is 8.92. The standard InChI is InChI=1S/C14H13N3.C13H11N3.ClH/c1-8-11-4-2-9(15)6-13(11)17-14-7-10(16)3-5-12(8)14;14-10-3-1-8-5-9-2-4-11(15)7-13(9)16-12(8)6-10;/h2-7H,15-16H2,1H3;1-7H,14-15H2;1H. The topological polar surface area (TPSA) is 130 Å². The van der Waals surface area contributed by atoms with Gasteiger partial charge < -0.3 is 22.9 Å². The predicted molar refractivity (Wildman–Crippen MR) is 148 cm³/mol. The van der Waals surface area contributed by atoms with Crippen molar-refractivity contribution in [1.82, 2.24) is 9.97 Å². The molecule has 0 aliphatic heterocycles. The van der Waals surface area contributed by atoms with E-state index in [1.165, 1.54) is 5.56 Å². The van der Waals surface area contributed by atoms with Crippen LogP contribution in [0.1, 0.15) is 5.56 Å².